The zero-order valence-electron chi connectivity index (χ0n) is 11.4. The highest BCUT2D eigenvalue weighted by atomic mass is 16.4. The third-order valence-electron chi connectivity index (χ3n) is 2.84. The van der Waals surface area contributed by atoms with E-state index in [4.69, 9.17) is 5.11 Å². The van der Waals surface area contributed by atoms with E-state index in [2.05, 4.69) is 24.3 Å². The molecule has 0 aromatic heterocycles. The number of aryl methyl sites for hydroxylation is 1. The van der Waals surface area contributed by atoms with Gasteiger partial charge in [0.05, 0.1) is 11.3 Å². The van der Waals surface area contributed by atoms with Gasteiger partial charge in [-0.25, -0.2) is 4.79 Å². The largest absolute Gasteiger partial charge is 0.478 e. The highest BCUT2D eigenvalue weighted by Gasteiger charge is 2.10. The lowest BCUT2D eigenvalue weighted by molar-refractivity contribution is 0.0698. The lowest BCUT2D eigenvalue weighted by Crippen LogP contribution is -2.15. The Bertz CT molecular complexity index is 403. The zero-order valence-corrected chi connectivity index (χ0v) is 11.4. The molecular weight excluding hydrogens is 228 g/mol. The molecule has 4 nitrogen and oxygen atoms in total. The lowest BCUT2D eigenvalue weighted by Gasteiger charge is -2.13. The van der Waals surface area contributed by atoms with E-state index < -0.39 is 5.97 Å². The van der Waals surface area contributed by atoms with Crippen LogP contribution >= 0.6 is 0 Å². The monoisotopic (exact) mass is 250 g/mol. The van der Waals surface area contributed by atoms with Crippen LogP contribution in [0.15, 0.2) is 18.2 Å². The van der Waals surface area contributed by atoms with Crippen molar-refractivity contribution in [2.75, 3.05) is 32.5 Å². The number of unbranched alkanes of at least 4 members (excludes halogenated alkanes) is 1. The maximum atomic E-state index is 11.1. The van der Waals surface area contributed by atoms with E-state index in [1.165, 1.54) is 0 Å². The fourth-order valence-electron chi connectivity index (χ4n) is 1.85. The summed E-state index contributed by atoms with van der Waals surface area (Å²) in [6, 6.07) is 5.34. The molecule has 0 spiro atoms. The Morgan fingerprint density at radius 3 is 2.67 bits per heavy atom. The Morgan fingerprint density at radius 1 is 1.33 bits per heavy atom. The minimum atomic E-state index is -0.880. The van der Waals surface area contributed by atoms with Crippen molar-refractivity contribution in [3.8, 4) is 0 Å². The molecular formula is C14H22N2O2. The summed E-state index contributed by atoms with van der Waals surface area (Å²) in [5.41, 5.74) is 2.07. The van der Waals surface area contributed by atoms with Crippen LogP contribution in [0.25, 0.3) is 0 Å². The van der Waals surface area contributed by atoms with Gasteiger partial charge >= 0.3 is 5.97 Å². The number of hydrogen-bond donors (Lipinski definition) is 2. The summed E-state index contributed by atoms with van der Waals surface area (Å²) in [5, 5.41) is 12.4. The van der Waals surface area contributed by atoms with Crippen LogP contribution in [-0.4, -0.2) is 43.2 Å². The number of nitrogens with zero attached hydrogens (tertiary/aromatic N) is 1. The van der Waals surface area contributed by atoms with Crippen LogP contribution in [0.3, 0.4) is 0 Å². The molecule has 0 aliphatic heterocycles. The van der Waals surface area contributed by atoms with Crippen LogP contribution in [0.4, 0.5) is 5.69 Å². The Hall–Kier alpha value is -1.55. The summed E-state index contributed by atoms with van der Waals surface area (Å²) in [7, 11) is 4.11. The van der Waals surface area contributed by atoms with Crippen molar-refractivity contribution in [1.82, 2.24) is 4.90 Å². The van der Waals surface area contributed by atoms with Gasteiger partial charge < -0.3 is 15.3 Å². The molecule has 0 fully saturated rings. The van der Waals surface area contributed by atoms with Crippen LogP contribution in [0, 0.1) is 6.92 Å². The van der Waals surface area contributed by atoms with E-state index >= 15 is 0 Å². The number of carboxylic acid groups (broad SMARTS) is 1. The van der Waals surface area contributed by atoms with Gasteiger partial charge in [-0.2, -0.15) is 0 Å². The number of carbonyl (C=O) groups is 1. The molecule has 2 N–H and O–H groups in total. The summed E-state index contributed by atoms with van der Waals surface area (Å²) in [6.07, 6.45) is 2.14. The van der Waals surface area contributed by atoms with E-state index in [1.807, 2.05) is 13.0 Å². The zero-order chi connectivity index (χ0) is 13.5. The second kappa shape index (κ2) is 7.01. The molecule has 1 rings (SSSR count). The van der Waals surface area contributed by atoms with Crippen molar-refractivity contribution >= 4 is 11.7 Å². The first-order chi connectivity index (χ1) is 8.52. The van der Waals surface area contributed by atoms with E-state index in [0.717, 1.165) is 37.2 Å². The maximum absolute atomic E-state index is 11.1. The molecule has 1 aromatic carbocycles. The summed E-state index contributed by atoms with van der Waals surface area (Å²) in [6.45, 7) is 3.79. The average molecular weight is 250 g/mol. The smallest absolute Gasteiger partial charge is 0.337 e. The number of rotatable bonds is 7. The molecule has 4 heteroatoms. The van der Waals surface area contributed by atoms with Crippen molar-refractivity contribution in [2.45, 2.75) is 19.8 Å². The van der Waals surface area contributed by atoms with Gasteiger partial charge in [-0.05, 0) is 52.0 Å². The minimum absolute atomic E-state index is 0.350. The molecule has 0 atom stereocenters. The molecule has 0 saturated heterocycles. The van der Waals surface area contributed by atoms with Gasteiger partial charge in [-0.1, -0.05) is 12.1 Å². The van der Waals surface area contributed by atoms with Crippen LogP contribution in [0.1, 0.15) is 28.8 Å². The van der Waals surface area contributed by atoms with Crippen LogP contribution in [0.2, 0.25) is 0 Å². The number of carboxylic acids is 1. The normalized spacial score (nSPS) is 10.7. The molecule has 0 amide bonds. The Kier molecular flexibility index (Phi) is 5.65. The van der Waals surface area contributed by atoms with Crippen molar-refractivity contribution in [3.63, 3.8) is 0 Å². The van der Waals surface area contributed by atoms with Gasteiger partial charge in [-0.3, -0.25) is 0 Å². The third kappa shape index (κ3) is 4.37. The first kappa shape index (κ1) is 14.5. The highest BCUT2D eigenvalue weighted by Crippen LogP contribution is 2.20. The quantitative estimate of drug-likeness (QED) is 0.730. The van der Waals surface area contributed by atoms with Gasteiger partial charge in [-0.15, -0.1) is 0 Å². The Labute approximate surface area is 109 Å². The molecule has 18 heavy (non-hydrogen) atoms. The van der Waals surface area contributed by atoms with Crippen molar-refractivity contribution < 1.29 is 9.90 Å². The molecule has 1 aromatic rings. The Morgan fingerprint density at radius 2 is 2.06 bits per heavy atom. The van der Waals surface area contributed by atoms with E-state index in [1.54, 1.807) is 12.1 Å². The van der Waals surface area contributed by atoms with Crippen molar-refractivity contribution in [3.05, 3.63) is 29.3 Å². The number of anilines is 1. The molecule has 100 valence electrons. The third-order valence-corrected chi connectivity index (χ3v) is 2.84. The van der Waals surface area contributed by atoms with Crippen molar-refractivity contribution in [2.24, 2.45) is 0 Å². The summed E-state index contributed by atoms with van der Waals surface area (Å²) < 4.78 is 0. The number of aromatic carboxylic acids is 1. The van der Waals surface area contributed by atoms with E-state index in [-0.39, 0.29) is 0 Å². The van der Waals surface area contributed by atoms with Crippen LogP contribution in [0.5, 0.6) is 0 Å². The maximum Gasteiger partial charge on any atom is 0.337 e. The second-order valence-corrected chi connectivity index (χ2v) is 4.74. The SMILES string of the molecule is Cc1cccc(C(=O)O)c1NCCCCN(C)C. The molecule has 0 aliphatic rings. The van der Waals surface area contributed by atoms with Gasteiger partial charge in [0, 0.05) is 6.54 Å². The van der Waals surface area contributed by atoms with Crippen LogP contribution in [-0.2, 0) is 0 Å². The number of nitrogens with one attached hydrogen (secondary N) is 1. The fraction of sp³-hybridized carbons (Fsp3) is 0.500. The molecule has 0 heterocycles. The first-order valence-electron chi connectivity index (χ1n) is 6.24. The highest BCUT2D eigenvalue weighted by molar-refractivity contribution is 5.95. The van der Waals surface area contributed by atoms with Crippen molar-refractivity contribution in [1.29, 1.82) is 0 Å². The number of benzene rings is 1. The second-order valence-electron chi connectivity index (χ2n) is 4.74. The van der Waals surface area contributed by atoms with Gasteiger partial charge in [0.15, 0.2) is 0 Å². The molecule has 0 aliphatic carbocycles. The summed E-state index contributed by atoms with van der Waals surface area (Å²) in [5.74, 6) is -0.880. The van der Waals surface area contributed by atoms with Crippen LogP contribution < -0.4 is 5.32 Å². The first-order valence-corrected chi connectivity index (χ1v) is 6.24. The number of para-hydroxylation sites is 1. The molecule has 0 saturated carbocycles. The lowest BCUT2D eigenvalue weighted by atomic mass is 10.1. The minimum Gasteiger partial charge on any atom is -0.478 e. The molecule has 0 radical (unpaired) electrons. The molecule has 0 unspecified atom stereocenters. The van der Waals surface area contributed by atoms with Gasteiger partial charge in [0.25, 0.3) is 0 Å². The topological polar surface area (TPSA) is 52.6 Å². The Balaban J connectivity index is 2.53. The van der Waals surface area contributed by atoms with E-state index in [0.29, 0.717) is 5.56 Å². The summed E-state index contributed by atoms with van der Waals surface area (Å²) >= 11 is 0. The van der Waals surface area contributed by atoms with Gasteiger partial charge in [0.2, 0.25) is 0 Å². The standard InChI is InChI=1S/C14H22N2O2/c1-11-7-6-8-12(14(17)18)13(11)15-9-4-5-10-16(2)3/h6-8,15H,4-5,9-10H2,1-3H3,(H,17,18). The summed E-state index contributed by atoms with van der Waals surface area (Å²) in [4.78, 5) is 13.3. The van der Waals surface area contributed by atoms with E-state index in [9.17, 15) is 4.79 Å². The van der Waals surface area contributed by atoms with Gasteiger partial charge in [0.1, 0.15) is 0 Å². The fourth-order valence-corrected chi connectivity index (χ4v) is 1.85. The predicted octanol–water partition coefficient (Wildman–Crippen LogP) is 2.45. The molecule has 0 bridgehead atoms. The predicted molar refractivity (Wildman–Crippen MR) is 74.4 cm³/mol. The number of hydrogen-bond acceptors (Lipinski definition) is 3. The average Bonchev–Trinajstić information content (AvgIpc) is 2.29.